The third kappa shape index (κ3) is 67.5. The minimum Gasteiger partial charge on any atom is -0.462 e. The highest BCUT2D eigenvalue weighted by Crippen LogP contribution is 2.18. The standard InChI is InChI=1S/C75H134O6/c1-4-7-10-13-16-19-22-25-28-31-33-34-35-36-37-38-39-40-42-44-47-50-53-56-59-62-65-68-74(77)80-71-72(70-79-73(76)67-64-61-58-55-52-49-46-43-30-27-24-21-18-15-12-9-6-3)81-75(78)69-66-63-60-57-54-51-48-45-41-32-29-26-23-20-17-14-11-8-5-2/h7,10,16,18-19,21,25,27-28,30,33-34,72H,4-6,8-9,11-15,17,20,22-24,26,29,31-32,35-71H2,1-3H3/b10-7-,19-16-,21-18-,28-25-,30-27-,34-33-. The molecule has 0 aromatic rings. The van der Waals surface area contributed by atoms with Gasteiger partial charge in [0, 0.05) is 19.3 Å². The molecule has 0 bridgehead atoms. The SMILES string of the molecule is CC/C=C\C/C=C\C/C=C\C/C=C\CCCCCCCCCCCCCCCCC(=O)OCC(COC(=O)CCCCCCCCC/C=C\C/C=C\CCCCC)OC(=O)CCCCCCCCCCCCCCCCCCCCC. The van der Waals surface area contributed by atoms with Gasteiger partial charge in [0.25, 0.3) is 0 Å². The Morgan fingerprint density at radius 2 is 0.481 bits per heavy atom. The first-order valence-electron chi connectivity index (χ1n) is 35.4. The molecule has 0 amide bonds. The van der Waals surface area contributed by atoms with Crippen LogP contribution in [-0.2, 0) is 28.6 Å². The van der Waals surface area contributed by atoms with Gasteiger partial charge in [0.15, 0.2) is 6.10 Å². The number of hydrogen-bond donors (Lipinski definition) is 0. The van der Waals surface area contributed by atoms with Gasteiger partial charge in [-0.3, -0.25) is 14.4 Å². The number of allylic oxidation sites excluding steroid dienone is 12. The number of carbonyl (C=O) groups is 3. The summed E-state index contributed by atoms with van der Waals surface area (Å²) in [5.74, 6) is -0.858. The first-order valence-corrected chi connectivity index (χ1v) is 35.4. The Morgan fingerprint density at radius 3 is 0.778 bits per heavy atom. The zero-order valence-corrected chi connectivity index (χ0v) is 54.1. The van der Waals surface area contributed by atoms with Crippen LogP contribution in [0.15, 0.2) is 72.9 Å². The van der Waals surface area contributed by atoms with Gasteiger partial charge in [-0.2, -0.15) is 0 Å². The summed E-state index contributed by atoms with van der Waals surface area (Å²) in [4.78, 5) is 38.5. The van der Waals surface area contributed by atoms with Crippen molar-refractivity contribution in [3.63, 3.8) is 0 Å². The van der Waals surface area contributed by atoms with E-state index in [0.29, 0.717) is 19.3 Å². The zero-order valence-electron chi connectivity index (χ0n) is 54.1. The molecular weight excluding hydrogens is 997 g/mol. The number of ether oxygens (including phenoxy) is 3. The fraction of sp³-hybridized carbons (Fsp3) is 0.800. The maximum atomic E-state index is 13.0. The van der Waals surface area contributed by atoms with E-state index in [2.05, 4.69) is 93.7 Å². The lowest BCUT2D eigenvalue weighted by molar-refractivity contribution is -0.167. The van der Waals surface area contributed by atoms with Gasteiger partial charge in [0.1, 0.15) is 13.2 Å². The Kier molecular flexibility index (Phi) is 66.6. The van der Waals surface area contributed by atoms with Gasteiger partial charge >= 0.3 is 17.9 Å². The highest BCUT2D eigenvalue weighted by Gasteiger charge is 2.19. The quantitative estimate of drug-likeness (QED) is 0.0261. The Labute approximate surface area is 503 Å². The van der Waals surface area contributed by atoms with Crippen LogP contribution in [0.4, 0.5) is 0 Å². The molecule has 0 heterocycles. The molecule has 0 N–H and O–H groups in total. The van der Waals surface area contributed by atoms with Crippen LogP contribution in [-0.4, -0.2) is 37.2 Å². The Bertz CT molecular complexity index is 1490. The summed E-state index contributed by atoms with van der Waals surface area (Å²) in [6.45, 7) is 6.56. The zero-order chi connectivity index (χ0) is 58.5. The molecule has 6 heteroatoms. The van der Waals surface area contributed by atoms with Gasteiger partial charge in [-0.25, -0.2) is 0 Å². The lowest BCUT2D eigenvalue weighted by Crippen LogP contribution is -2.30. The number of unbranched alkanes of at least 4 members (excludes halogenated alkanes) is 42. The van der Waals surface area contributed by atoms with Crippen LogP contribution in [0.5, 0.6) is 0 Å². The van der Waals surface area contributed by atoms with E-state index in [-0.39, 0.29) is 31.1 Å². The van der Waals surface area contributed by atoms with Crippen molar-refractivity contribution in [3.8, 4) is 0 Å². The van der Waals surface area contributed by atoms with Crippen LogP contribution in [0.2, 0.25) is 0 Å². The Balaban J connectivity index is 4.29. The maximum Gasteiger partial charge on any atom is 0.306 e. The molecular formula is C75H134O6. The van der Waals surface area contributed by atoms with Gasteiger partial charge in [-0.1, -0.05) is 331 Å². The summed E-state index contributed by atoms with van der Waals surface area (Å²) in [5, 5.41) is 0. The Morgan fingerprint density at radius 1 is 0.259 bits per heavy atom. The highest BCUT2D eigenvalue weighted by atomic mass is 16.6. The van der Waals surface area contributed by atoms with Crippen molar-refractivity contribution >= 4 is 17.9 Å². The average molecular weight is 1130 g/mol. The van der Waals surface area contributed by atoms with Gasteiger partial charge in [-0.05, 0) is 89.9 Å². The molecule has 0 aromatic heterocycles. The lowest BCUT2D eigenvalue weighted by atomic mass is 10.0. The van der Waals surface area contributed by atoms with E-state index in [1.54, 1.807) is 0 Å². The van der Waals surface area contributed by atoms with E-state index in [0.717, 1.165) is 96.3 Å². The van der Waals surface area contributed by atoms with E-state index in [4.69, 9.17) is 14.2 Å². The molecule has 0 spiro atoms. The molecule has 1 atom stereocenters. The molecule has 470 valence electrons. The van der Waals surface area contributed by atoms with Crippen LogP contribution >= 0.6 is 0 Å². The van der Waals surface area contributed by atoms with E-state index in [1.807, 2.05) is 0 Å². The smallest absolute Gasteiger partial charge is 0.306 e. The number of carbonyl (C=O) groups excluding carboxylic acids is 3. The van der Waals surface area contributed by atoms with Crippen molar-refractivity contribution in [2.75, 3.05) is 13.2 Å². The summed E-state index contributed by atoms with van der Waals surface area (Å²) in [6, 6.07) is 0. The van der Waals surface area contributed by atoms with E-state index in [1.165, 1.54) is 231 Å². The summed E-state index contributed by atoms with van der Waals surface area (Å²) < 4.78 is 17.0. The largest absolute Gasteiger partial charge is 0.462 e. The summed E-state index contributed by atoms with van der Waals surface area (Å²) in [5.41, 5.74) is 0. The average Bonchev–Trinajstić information content (AvgIpc) is 3.47. The maximum absolute atomic E-state index is 13.0. The molecule has 0 rings (SSSR count). The normalized spacial score (nSPS) is 12.5. The van der Waals surface area contributed by atoms with Crippen molar-refractivity contribution in [2.45, 2.75) is 374 Å². The van der Waals surface area contributed by atoms with Crippen molar-refractivity contribution in [2.24, 2.45) is 0 Å². The van der Waals surface area contributed by atoms with E-state index < -0.39 is 6.10 Å². The Hall–Kier alpha value is -3.15. The van der Waals surface area contributed by atoms with Crippen LogP contribution < -0.4 is 0 Å². The second kappa shape index (κ2) is 69.3. The van der Waals surface area contributed by atoms with Gasteiger partial charge in [0.2, 0.25) is 0 Å². The minimum absolute atomic E-state index is 0.0737. The van der Waals surface area contributed by atoms with Gasteiger partial charge < -0.3 is 14.2 Å². The molecule has 1 unspecified atom stereocenters. The molecule has 0 fully saturated rings. The molecule has 0 aliphatic carbocycles. The van der Waals surface area contributed by atoms with Crippen LogP contribution in [0.25, 0.3) is 0 Å². The van der Waals surface area contributed by atoms with Crippen molar-refractivity contribution in [1.29, 1.82) is 0 Å². The minimum atomic E-state index is -0.778. The van der Waals surface area contributed by atoms with Crippen molar-refractivity contribution < 1.29 is 28.6 Å². The molecule has 0 aromatic carbocycles. The van der Waals surface area contributed by atoms with Crippen molar-refractivity contribution in [1.82, 2.24) is 0 Å². The van der Waals surface area contributed by atoms with E-state index >= 15 is 0 Å². The third-order valence-electron chi connectivity index (χ3n) is 15.7. The van der Waals surface area contributed by atoms with Crippen LogP contribution in [0, 0.1) is 0 Å². The van der Waals surface area contributed by atoms with Gasteiger partial charge in [-0.15, -0.1) is 0 Å². The third-order valence-corrected chi connectivity index (χ3v) is 15.7. The predicted octanol–water partition coefficient (Wildman–Crippen LogP) is 24.4. The second-order valence-electron chi connectivity index (χ2n) is 23.8. The fourth-order valence-corrected chi connectivity index (χ4v) is 10.4. The topological polar surface area (TPSA) is 78.9 Å². The molecule has 0 aliphatic rings. The molecule has 0 radical (unpaired) electrons. The second-order valence-corrected chi connectivity index (χ2v) is 23.8. The summed E-state index contributed by atoms with van der Waals surface area (Å²) in [6.07, 6.45) is 90.6. The first kappa shape index (κ1) is 77.9. The first-order chi connectivity index (χ1) is 40.0. The van der Waals surface area contributed by atoms with Crippen LogP contribution in [0.3, 0.4) is 0 Å². The molecule has 0 aliphatic heterocycles. The van der Waals surface area contributed by atoms with Crippen LogP contribution in [0.1, 0.15) is 367 Å². The monoisotopic (exact) mass is 1130 g/mol. The van der Waals surface area contributed by atoms with Crippen molar-refractivity contribution in [3.05, 3.63) is 72.9 Å². The molecule has 0 saturated carbocycles. The fourth-order valence-electron chi connectivity index (χ4n) is 10.4. The molecule has 0 saturated heterocycles. The number of hydrogen-bond acceptors (Lipinski definition) is 6. The van der Waals surface area contributed by atoms with Gasteiger partial charge in [0.05, 0.1) is 0 Å². The number of esters is 3. The van der Waals surface area contributed by atoms with E-state index in [9.17, 15) is 14.4 Å². The lowest BCUT2D eigenvalue weighted by Gasteiger charge is -2.18. The molecule has 81 heavy (non-hydrogen) atoms. The number of rotatable bonds is 65. The summed E-state index contributed by atoms with van der Waals surface area (Å²) >= 11 is 0. The summed E-state index contributed by atoms with van der Waals surface area (Å²) in [7, 11) is 0. The predicted molar refractivity (Wildman–Crippen MR) is 353 cm³/mol. The molecule has 6 nitrogen and oxygen atoms in total. The highest BCUT2D eigenvalue weighted by molar-refractivity contribution is 5.71.